The first kappa shape index (κ1) is 18.3. The second-order valence-corrected chi connectivity index (χ2v) is 9.32. The Morgan fingerprint density at radius 2 is 2.11 bits per heavy atom. The fraction of sp³-hybridized carbons (Fsp3) is 0.316. The van der Waals surface area contributed by atoms with Crippen LogP contribution >= 0.6 is 34.4 Å². The molecule has 0 amide bonds. The molecule has 0 atom stereocenters. The number of nitrogens with zero attached hydrogens (tertiary/aromatic N) is 5. The van der Waals surface area contributed by atoms with Crippen LogP contribution in [-0.2, 0) is 18.3 Å². The van der Waals surface area contributed by atoms with Crippen molar-refractivity contribution in [1.29, 1.82) is 0 Å². The van der Waals surface area contributed by atoms with E-state index in [9.17, 15) is 0 Å². The van der Waals surface area contributed by atoms with Gasteiger partial charge in [0.05, 0.1) is 25.1 Å². The van der Waals surface area contributed by atoms with E-state index < -0.39 is 0 Å². The van der Waals surface area contributed by atoms with Crippen LogP contribution in [0.5, 0.6) is 0 Å². The highest BCUT2D eigenvalue weighted by atomic mass is 32.2. The molecule has 28 heavy (non-hydrogen) atoms. The summed E-state index contributed by atoms with van der Waals surface area (Å²) < 4.78 is 7.49. The molecule has 0 unspecified atom stereocenters. The first-order valence-electron chi connectivity index (χ1n) is 9.05. The molecule has 5 heterocycles. The molecule has 5 rings (SSSR count). The average Bonchev–Trinajstić information content (AvgIpc) is 3.44. The number of ether oxygens (including phenoxy) is 1. The van der Waals surface area contributed by atoms with Crippen LogP contribution in [0.15, 0.2) is 45.5 Å². The third-order valence-electron chi connectivity index (χ3n) is 4.67. The van der Waals surface area contributed by atoms with E-state index in [4.69, 9.17) is 14.7 Å². The predicted molar refractivity (Wildman–Crippen MR) is 114 cm³/mol. The molecule has 1 fully saturated rings. The Bertz CT molecular complexity index is 1080. The van der Waals surface area contributed by atoms with Gasteiger partial charge in [0, 0.05) is 48.4 Å². The molecule has 0 aliphatic carbocycles. The highest BCUT2D eigenvalue weighted by molar-refractivity contribution is 7.99. The summed E-state index contributed by atoms with van der Waals surface area (Å²) in [5.41, 5.74) is 1.21. The van der Waals surface area contributed by atoms with E-state index in [0.717, 1.165) is 59.1 Å². The van der Waals surface area contributed by atoms with Crippen LogP contribution in [0.4, 0.5) is 0 Å². The highest BCUT2D eigenvalue weighted by Crippen LogP contribution is 2.41. The summed E-state index contributed by atoms with van der Waals surface area (Å²) in [6.45, 7) is 4.15. The summed E-state index contributed by atoms with van der Waals surface area (Å²) in [6, 6.07) is 4.24. The van der Waals surface area contributed by atoms with Crippen molar-refractivity contribution in [3.63, 3.8) is 0 Å². The van der Waals surface area contributed by atoms with Crippen molar-refractivity contribution >= 4 is 44.7 Å². The third-order valence-corrected chi connectivity index (χ3v) is 7.51. The lowest BCUT2D eigenvalue weighted by Gasteiger charge is -2.25. The van der Waals surface area contributed by atoms with Gasteiger partial charge in [-0.05, 0) is 23.2 Å². The molecule has 9 heteroatoms. The summed E-state index contributed by atoms with van der Waals surface area (Å²) >= 11 is 5.05. The molecule has 144 valence electrons. The molecule has 1 aliphatic rings. The zero-order chi connectivity index (χ0) is 18.9. The van der Waals surface area contributed by atoms with Crippen molar-refractivity contribution in [3.8, 4) is 10.4 Å². The lowest BCUT2D eigenvalue weighted by molar-refractivity contribution is 0.0330. The smallest absolute Gasteiger partial charge is 0.174 e. The number of aryl methyl sites for hydroxylation is 1. The maximum atomic E-state index is 5.46. The Hall–Kier alpha value is -1.78. The second kappa shape index (κ2) is 7.92. The Morgan fingerprint density at radius 3 is 2.86 bits per heavy atom. The van der Waals surface area contributed by atoms with E-state index in [1.54, 1.807) is 34.4 Å². The van der Waals surface area contributed by atoms with Crippen LogP contribution in [0.1, 0.15) is 5.82 Å². The summed E-state index contributed by atoms with van der Waals surface area (Å²) in [5.74, 6) is 0.866. The van der Waals surface area contributed by atoms with Gasteiger partial charge in [-0.15, -0.1) is 22.7 Å². The second-order valence-electron chi connectivity index (χ2n) is 6.56. The monoisotopic (exact) mass is 429 g/mol. The lowest BCUT2D eigenvalue weighted by Crippen LogP contribution is -2.36. The van der Waals surface area contributed by atoms with Crippen LogP contribution in [-0.4, -0.2) is 50.7 Å². The third kappa shape index (κ3) is 3.60. The number of hydrogen-bond acceptors (Lipinski definition) is 8. The number of hydrogen-bond donors (Lipinski definition) is 0. The molecular formula is C19H19N5OS3. The molecule has 0 bridgehead atoms. The normalized spacial score (nSPS) is 15.5. The minimum atomic E-state index is 0.750. The van der Waals surface area contributed by atoms with E-state index >= 15 is 0 Å². The van der Waals surface area contributed by atoms with Crippen molar-refractivity contribution in [2.24, 2.45) is 7.05 Å². The van der Waals surface area contributed by atoms with Gasteiger partial charge in [0.2, 0.25) is 0 Å². The maximum absolute atomic E-state index is 5.46. The fourth-order valence-corrected chi connectivity index (χ4v) is 6.00. The van der Waals surface area contributed by atoms with Gasteiger partial charge in [0.25, 0.3) is 0 Å². The van der Waals surface area contributed by atoms with E-state index in [0.29, 0.717) is 0 Å². The first-order valence-corrected chi connectivity index (χ1v) is 11.6. The molecule has 1 aliphatic heterocycles. The van der Waals surface area contributed by atoms with Gasteiger partial charge >= 0.3 is 0 Å². The van der Waals surface area contributed by atoms with Crippen LogP contribution in [0.25, 0.3) is 20.7 Å². The zero-order valence-electron chi connectivity index (χ0n) is 15.4. The molecule has 1 saturated heterocycles. The first-order chi connectivity index (χ1) is 13.8. The molecule has 0 spiro atoms. The standard InChI is InChI=1S/C19H19N5OS3/c1-23-5-4-20-19(23)28-18-16-13(14-3-2-10-26-14)12-27-17(16)21-15(22-18)11-24-6-8-25-9-7-24/h2-5,10,12H,6-9,11H2,1H3. The van der Waals surface area contributed by atoms with Crippen molar-refractivity contribution in [2.75, 3.05) is 26.3 Å². The van der Waals surface area contributed by atoms with E-state index in [2.05, 4.69) is 32.8 Å². The van der Waals surface area contributed by atoms with Gasteiger partial charge in [-0.3, -0.25) is 4.90 Å². The Balaban J connectivity index is 1.58. The van der Waals surface area contributed by atoms with Gasteiger partial charge in [0.1, 0.15) is 15.7 Å². The summed E-state index contributed by atoms with van der Waals surface area (Å²) in [5, 5.41) is 7.35. The molecular weight excluding hydrogens is 410 g/mol. The van der Waals surface area contributed by atoms with Gasteiger partial charge in [-0.25, -0.2) is 15.0 Å². The van der Waals surface area contributed by atoms with Crippen LogP contribution in [0.3, 0.4) is 0 Å². The van der Waals surface area contributed by atoms with E-state index in [-0.39, 0.29) is 0 Å². The van der Waals surface area contributed by atoms with Crippen molar-refractivity contribution in [1.82, 2.24) is 24.4 Å². The van der Waals surface area contributed by atoms with Crippen molar-refractivity contribution in [3.05, 3.63) is 41.1 Å². The topological polar surface area (TPSA) is 56.1 Å². The largest absolute Gasteiger partial charge is 0.379 e. The Kier molecular flexibility index (Phi) is 5.17. The molecule has 4 aromatic heterocycles. The van der Waals surface area contributed by atoms with E-state index in [1.807, 2.05) is 24.0 Å². The maximum Gasteiger partial charge on any atom is 0.174 e. The summed E-state index contributed by atoms with van der Waals surface area (Å²) in [7, 11) is 2.01. The molecule has 0 N–H and O–H groups in total. The number of morpholine rings is 1. The average molecular weight is 430 g/mol. The number of thiophene rings is 2. The molecule has 0 radical (unpaired) electrons. The lowest BCUT2D eigenvalue weighted by atomic mass is 10.2. The highest BCUT2D eigenvalue weighted by Gasteiger charge is 2.20. The van der Waals surface area contributed by atoms with Crippen molar-refractivity contribution < 1.29 is 4.74 Å². The fourth-order valence-electron chi connectivity index (χ4n) is 3.21. The van der Waals surface area contributed by atoms with Gasteiger partial charge in [0.15, 0.2) is 5.16 Å². The number of fused-ring (bicyclic) bond motifs is 1. The van der Waals surface area contributed by atoms with Gasteiger partial charge in [-0.1, -0.05) is 6.07 Å². The van der Waals surface area contributed by atoms with Crippen molar-refractivity contribution in [2.45, 2.75) is 16.7 Å². The molecule has 6 nitrogen and oxygen atoms in total. The van der Waals surface area contributed by atoms with E-state index in [1.165, 1.54) is 10.4 Å². The molecule has 4 aromatic rings. The summed E-state index contributed by atoms with van der Waals surface area (Å²) in [6.07, 6.45) is 3.78. The Labute approximate surface area is 175 Å². The number of imidazole rings is 1. The predicted octanol–water partition coefficient (Wildman–Crippen LogP) is 4.14. The molecule has 0 aromatic carbocycles. The zero-order valence-corrected chi connectivity index (χ0v) is 17.8. The SMILES string of the molecule is Cn1ccnc1Sc1nc(CN2CCOCC2)nc2scc(-c3cccs3)c12. The van der Waals surface area contributed by atoms with Crippen LogP contribution in [0, 0.1) is 0 Å². The minimum Gasteiger partial charge on any atom is -0.379 e. The number of rotatable bonds is 5. The summed E-state index contributed by atoms with van der Waals surface area (Å²) in [4.78, 5) is 19.0. The van der Waals surface area contributed by atoms with Crippen LogP contribution < -0.4 is 0 Å². The quantitative estimate of drug-likeness (QED) is 0.445. The van der Waals surface area contributed by atoms with Gasteiger partial charge < -0.3 is 9.30 Å². The number of aromatic nitrogens is 4. The van der Waals surface area contributed by atoms with Crippen LogP contribution in [0.2, 0.25) is 0 Å². The van der Waals surface area contributed by atoms with Gasteiger partial charge in [-0.2, -0.15) is 0 Å². The molecule has 0 saturated carbocycles. The Morgan fingerprint density at radius 1 is 1.21 bits per heavy atom. The minimum absolute atomic E-state index is 0.750.